The fourth-order valence-corrected chi connectivity index (χ4v) is 6.05. The van der Waals surface area contributed by atoms with E-state index in [1.54, 1.807) is 6.08 Å². The molecule has 1 aliphatic heterocycles. The summed E-state index contributed by atoms with van der Waals surface area (Å²) in [6.07, 6.45) is 26.9. The number of hydrogen-bond acceptors (Lipinski definition) is 8. The molecule has 1 aliphatic rings. The number of carbonyl (C=O) groups excluding carboxylic acids is 1. The first-order chi connectivity index (χ1) is 23.3. The van der Waals surface area contributed by atoms with Gasteiger partial charge in [-0.05, 0) is 32.1 Å². The third kappa shape index (κ3) is 21.7. The van der Waals surface area contributed by atoms with Gasteiger partial charge in [0.1, 0.15) is 24.4 Å². The van der Waals surface area contributed by atoms with Crippen molar-refractivity contribution in [2.75, 3.05) is 13.2 Å². The fourth-order valence-electron chi connectivity index (χ4n) is 6.05. The normalized spacial score (nSPS) is 22.9. The first-order valence-electron chi connectivity index (χ1n) is 19.6. The van der Waals surface area contributed by atoms with Crippen LogP contribution in [-0.4, -0.2) is 87.5 Å². The molecule has 7 unspecified atom stereocenters. The van der Waals surface area contributed by atoms with E-state index in [4.69, 9.17) is 9.47 Å². The van der Waals surface area contributed by atoms with Crippen LogP contribution in [0.1, 0.15) is 162 Å². The average Bonchev–Trinajstić information content (AvgIpc) is 3.08. The third-order valence-electron chi connectivity index (χ3n) is 9.28. The van der Waals surface area contributed by atoms with Crippen molar-refractivity contribution in [2.24, 2.45) is 0 Å². The molecule has 282 valence electrons. The second-order valence-electron chi connectivity index (χ2n) is 13.7. The van der Waals surface area contributed by atoms with Crippen LogP contribution in [0.3, 0.4) is 0 Å². The third-order valence-corrected chi connectivity index (χ3v) is 9.28. The minimum atomic E-state index is -1.57. The van der Waals surface area contributed by atoms with Gasteiger partial charge < -0.3 is 40.3 Å². The van der Waals surface area contributed by atoms with Gasteiger partial charge in [0, 0.05) is 6.42 Å². The number of aliphatic hydroxyl groups is 5. The Morgan fingerprint density at radius 1 is 0.688 bits per heavy atom. The maximum atomic E-state index is 12.7. The van der Waals surface area contributed by atoms with E-state index in [0.29, 0.717) is 6.42 Å². The van der Waals surface area contributed by atoms with Crippen LogP contribution in [0.25, 0.3) is 0 Å². The molecular formula is C39H73NO8. The lowest BCUT2D eigenvalue weighted by molar-refractivity contribution is -0.302. The molecule has 1 fully saturated rings. The number of ether oxygens (including phenoxy) is 2. The second kappa shape index (κ2) is 30.5. The number of allylic oxidation sites excluding steroid dienone is 3. The van der Waals surface area contributed by atoms with Gasteiger partial charge in [0.2, 0.25) is 5.91 Å². The van der Waals surface area contributed by atoms with Crippen molar-refractivity contribution < 1.29 is 39.8 Å². The van der Waals surface area contributed by atoms with Gasteiger partial charge in [0.15, 0.2) is 6.29 Å². The second-order valence-corrected chi connectivity index (χ2v) is 13.7. The Hall–Kier alpha value is -1.33. The molecule has 6 N–H and O–H groups in total. The zero-order valence-electron chi connectivity index (χ0n) is 30.5. The highest BCUT2D eigenvalue weighted by atomic mass is 16.7. The molecule has 48 heavy (non-hydrogen) atoms. The fraction of sp³-hybridized carbons (Fsp3) is 0.872. The number of unbranched alkanes of at least 4 members (excludes halogenated alkanes) is 19. The van der Waals surface area contributed by atoms with Crippen molar-refractivity contribution in [1.29, 1.82) is 0 Å². The maximum absolute atomic E-state index is 12.7. The molecule has 1 amide bonds. The summed E-state index contributed by atoms with van der Waals surface area (Å²) < 4.78 is 11.1. The Morgan fingerprint density at radius 2 is 1.19 bits per heavy atom. The molecule has 1 rings (SSSR count). The van der Waals surface area contributed by atoms with Crippen LogP contribution >= 0.6 is 0 Å². The number of hydrogen-bond donors (Lipinski definition) is 6. The molecule has 9 heteroatoms. The van der Waals surface area contributed by atoms with E-state index in [9.17, 15) is 30.3 Å². The summed E-state index contributed by atoms with van der Waals surface area (Å²) in [6.45, 7) is 3.67. The van der Waals surface area contributed by atoms with Gasteiger partial charge in [-0.15, -0.1) is 0 Å². The summed E-state index contributed by atoms with van der Waals surface area (Å²) in [5.41, 5.74) is 0. The smallest absolute Gasteiger partial charge is 0.220 e. The Morgan fingerprint density at radius 3 is 1.75 bits per heavy atom. The highest BCUT2D eigenvalue weighted by molar-refractivity contribution is 5.76. The number of nitrogens with one attached hydrogen (secondary N) is 1. The zero-order chi connectivity index (χ0) is 35.2. The van der Waals surface area contributed by atoms with Gasteiger partial charge in [0.25, 0.3) is 0 Å². The van der Waals surface area contributed by atoms with Crippen LogP contribution in [0, 0.1) is 0 Å². The van der Waals surface area contributed by atoms with Crippen LogP contribution < -0.4 is 5.32 Å². The van der Waals surface area contributed by atoms with Crippen LogP contribution in [0.15, 0.2) is 24.3 Å². The summed E-state index contributed by atoms with van der Waals surface area (Å²) in [7, 11) is 0. The van der Waals surface area contributed by atoms with Crippen LogP contribution in [-0.2, 0) is 14.3 Å². The van der Waals surface area contributed by atoms with Crippen molar-refractivity contribution in [3.8, 4) is 0 Å². The van der Waals surface area contributed by atoms with E-state index in [1.807, 2.05) is 6.08 Å². The van der Waals surface area contributed by atoms with E-state index in [1.165, 1.54) is 89.9 Å². The van der Waals surface area contributed by atoms with Crippen molar-refractivity contribution in [1.82, 2.24) is 5.32 Å². The van der Waals surface area contributed by atoms with E-state index < -0.39 is 49.5 Å². The minimum Gasteiger partial charge on any atom is -0.394 e. The Bertz CT molecular complexity index is 807. The summed E-state index contributed by atoms with van der Waals surface area (Å²) in [5, 5.41) is 53.7. The van der Waals surface area contributed by atoms with Gasteiger partial charge in [-0.2, -0.15) is 0 Å². The van der Waals surface area contributed by atoms with Crippen LogP contribution in [0.4, 0.5) is 0 Å². The van der Waals surface area contributed by atoms with Crippen molar-refractivity contribution in [2.45, 2.75) is 204 Å². The van der Waals surface area contributed by atoms with Gasteiger partial charge >= 0.3 is 0 Å². The van der Waals surface area contributed by atoms with Gasteiger partial charge in [-0.25, -0.2) is 0 Å². The Labute approximate surface area is 292 Å². The molecule has 0 aromatic heterocycles. The lowest BCUT2D eigenvalue weighted by Gasteiger charge is -2.40. The largest absolute Gasteiger partial charge is 0.394 e. The van der Waals surface area contributed by atoms with Gasteiger partial charge in [0.05, 0.1) is 25.4 Å². The average molecular weight is 684 g/mol. The molecule has 0 aromatic rings. The highest BCUT2D eigenvalue weighted by Crippen LogP contribution is 2.22. The topological polar surface area (TPSA) is 149 Å². The minimum absolute atomic E-state index is 0.198. The zero-order valence-corrected chi connectivity index (χ0v) is 30.5. The van der Waals surface area contributed by atoms with Crippen LogP contribution in [0.2, 0.25) is 0 Å². The molecule has 9 nitrogen and oxygen atoms in total. The Balaban J connectivity index is 2.38. The molecule has 7 atom stereocenters. The molecular weight excluding hydrogens is 610 g/mol. The maximum Gasteiger partial charge on any atom is 0.220 e. The summed E-state index contributed by atoms with van der Waals surface area (Å²) in [6, 6.07) is -0.813. The van der Waals surface area contributed by atoms with E-state index in [0.717, 1.165) is 51.4 Å². The number of aliphatic hydroxyl groups excluding tert-OH is 5. The first-order valence-corrected chi connectivity index (χ1v) is 19.6. The summed E-state index contributed by atoms with van der Waals surface area (Å²) in [4.78, 5) is 12.7. The quantitative estimate of drug-likeness (QED) is 0.0346. The highest BCUT2D eigenvalue weighted by Gasteiger charge is 2.44. The van der Waals surface area contributed by atoms with Crippen LogP contribution in [0.5, 0.6) is 0 Å². The number of amides is 1. The molecule has 0 saturated carbocycles. The standard InChI is InChI=1S/C39H73NO8/c1-3-5-7-9-11-12-13-14-15-16-17-18-19-20-21-22-23-24-26-28-33(42)32(40-35(43)29-27-25-10-8-6-4-2)31-47-39-38(46)37(45)36(44)34(30-41)48-39/h21-22,26,28,32-34,36-39,41-42,44-46H,3-20,23-25,27,29-31H2,1-2H3,(H,40,43)/b22-21+,28-26+. The lowest BCUT2D eigenvalue weighted by atomic mass is 9.99. The molecule has 1 saturated heterocycles. The van der Waals surface area contributed by atoms with Gasteiger partial charge in [-0.3, -0.25) is 4.79 Å². The SMILES string of the molecule is CCCCCCCCCCCCCCC/C=C/CC/C=C/C(O)C(COC1OC(CO)C(O)C(O)C1O)NC(=O)CCCCCCCC. The summed E-state index contributed by atoms with van der Waals surface area (Å²) >= 11 is 0. The predicted molar refractivity (Wildman–Crippen MR) is 193 cm³/mol. The van der Waals surface area contributed by atoms with E-state index in [2.05, 4.69) is 31.3 Å². The molecule has 0 spiro atoms. The van der Waals surface area contributed by atoms with E-state index >= 15 is 0 Å². The molecule has 0 bridgehead atoms. The van der Waals surface area contributed by atoms with E-state index in [-0.39, 0.29) is 12.5 Å². The number of carbonyl (C=O) groups is 1. The summed E-state index contributed by atoms with van der Waals surface area (Å²) in [5.74, 6) is -0.198. The molecule has 0 radical (unpaired) electrons. The molecule has 1 heterocycles. The van der Waals surface area contributed by atoms with Crippen molar-refractivity contribution in [3.63, 3.8) is 0 Å². The monoisotopic (exact) mass is 684 g/mol. The Kier molecular flexibility index (Phi) is 28.4. The predicted octanol–water partition coefficient (Wildman–Crippen LogP) is 6.77. The van der Waals surface area contributed by atoms with Gasteiger partial charge in [-0.1, -0.05) is 147 Å². The van der Waals surface area contributed by atoms with Crippen molar-refractivity contribution >= 4 is 5.91 Å². The van der Waals surface area contributed by atoms with Crippen molar-refractivity contribution in [3.05, 3.63) is 24.3 Å². The molecule has 0 aromatic carbocycles. The number of rotatable bonds is 31. The first kappa shape index (κ1) is 44.7. The molecule has 0 aliphatic carbocycles. The lowest BCUT2D eigenvalue weighted by Crippen LogP contribution is -2.60.